The van der Waals surface area contributed by atoms with Crippen LogP contribution in [0.2, 0.25) is 0 Å². The fraction of sp³-hybridized carbons (Fsp3) is 0.500. The quantitative estimate of drug-likeness (QED) is 0.469. The van der Waals surface area contributed by atoms with Gasteiger partial charge in [0.1, 0.15) is 12.1 Å². The fourth-order valence-electron chi connectivity index (χ4n) is 0.557. The third-order valence-electron chi connectivity index (χ3n) is 1.50. The average molecular weight is 219 g/mol. The molecule has 14 heavy (non-hydrogen) atoms. The number of aliphatic carboxylic acids is 1. The van der Waals surface area contributed by atoms with Gasteiger partial charge in [-0.2, -0.15) is 12.6 Å². The number of carboxylic acid groups (broad SMARTS) is 1. The molecule has 0 fully saturated rings. The fourth-order valence-corrected chi connectivity index (χ4v) is 0.771. The molecule has 0 aliphatic heterocycles. The van der Waals surface area contributed by atoms with E-state index in [2.05, 4.69) is 29.3 Å². The molecule has 1 atom stereocenters. The number of carbonyl (C=O) groups excluding carboxylic acids is 1. The van der Waals surface area contributed by atoms with Crippen molar-refractivity contribution in [3.05, 3.63) is 12.7 Å². The highest BCUT2D eigenvalue weighted by atomic mass is 32.1. The van der Waals surface area contributed by atoms with E-state index in [1.165, 1.54) is 13.0 Å². The lowest BCUT2D eigenvalue weighted by molar-refractivity contribution is -0.142. The largest absolute Gasteiger partial charge is 0.479 e. The zero-order chi connectivity index (χ0) is 11.2. The summed E-state index contributed by atoms with van der Waals surface area (Å²) in [6.07, 6.45) is 0.585. The smallest absolute Gasteiger partial charge is 0.408 e. The maximum absolute atomic E-state index is 11.0. The summed E-state index contributed by atoms with van der Waals surface area (Å²) in [5, 5.41) is 11.0. The van der Waals surface area contributed by atoms with Crippen LogP contribution in [0.5, 0.6) is 0 Å². The zero-order valence-corrected chi connectivity index (χ0v) is 8.71. The molecule has 0 aliphatic carbocycles. The van der Waals surface area contributed by atoms with Crippen molar-refractivity contribution in [3.8, 4) is 0 Å². The van der Waals surface area contributed by atoms with Crippen LogP contribution in [0.25, 0.3) is 0 Å². The topological polar surface area (TPSA) is 75.6 Å². The Morgan fingerprint density at radius 3 is 2.64 bits per heavy atom. The Labute approximate surface area is 87.5 Å². The molecule has 0 spiro atoms. The Hall–Kier alpha value is -1.17. The molecule has 80 valence electrons. The Bertz CT molecular complexity index is 243. The van der Waals surface area contributed by atoms with Gasteiger partial charge in [-0.05, 0) is 6.92 Å². The first-order valence-electron chi connectivity index (χ1n) is 3.86. The zero-order valence-electron chi connectivity index (χ0n) is 7.82. The molecule has 0 saturated heterocycles. The predicted molar refractivity (Wildman–Crippen MR) is 54.6 cm³/mol. The van der Waals surface area contributed by atoms with E-state index < -0.39 is 17.6 Å². The van der Waals surface area contributed by atoms with E-state index in [0.29, 0.717) is 0 Å². The van der Waals surface area contributed by atoms with Crippen molar-refractivity contribution in [1.29, 1.82) is 0 Å². The molecule has 0 aromatic carbocycles. The number of hydrogen-bond donors (Lipinski definition) is 3. The third-order valence-corrected chi connectivity index (χ3v) is 2.13. The second-order valence-electron chi connectivity index (χ2n) is 2.81. The van der Waals surface area contributed by atoms with Crippen LogP contribution in [0.4, 0.5) is 4.79 Å². The highest BCUT2D eigenvalue weighted by Gasteiger charge is 2.33. The van der Waals surface area contributed by atoms with Crippen molar-refractivity contribution >= 4 is 24.7 Å². The van der Waals surface area contributed by atoms with Crippen molar-refractivity contribution in [1.82, 2.24) is 5.32 Å². The number of amides is 1. The second-order valence-corrected chi connectivity index (χ2v) is 3.12. The van der Waals surface area contributed by atoms with Crippen molar-refractivity contribution in [2.45, 2.75) is 12.5 Å². The minimum atomic E-state index is -1.42. The average Bonchev–Trinajstić information content (AvgIpc) is 2.14. The summed E-state index contributed by atoms with van der Waals surface area (Å²) in [5.74, 6) is -1.19. The number of hydrogen-bond acceptors (Lipinski definition) is 4. The summed E-state index contributed by atoms with van der Waals surface area (Å²) in [4.78, 5) is 21.7. The molecule has 0 aliphatic rings. The number of thiol groups is 1. The van der Waals surface area contributed by atoms with Gasteiger partial charge in [-0.15, -0.1) is 0 Å². The molecular weight excluding hydrogens is 206 g/mol. The number of carbonyl (C=O) groups is 2. The summed E-state index contributed by atoms with van der Waals surface area (Å²) in [7, 11) is 0. The molecule has 0 aromatic heterocycles. The van der Waals surface area contributed by atoms with E-state index in [1.807, 2.05) is 0 Å². The maximum atomic E-state index is 11.0. The molecule has 0 unspecified atom stereocenters. The van der Waals surface area contributed by atoms with Gasteiger partial charge in [0.2, 0.25) is 0 Å². The van der Waals surface area contributed by atoms with Crippen LogP contribution in [0, 0.1) is 0 Å². The Morgan fingerprint density at radius 2 is 2.29 bits per heavy atom. The van der Waals surface area contributed by atoms with E-state index in [9.17, 15) is 9.59 Å². The lowest BCUT2D eigenvalue weighted by Gasteiger charge is -2.23. The van der Waals surface area contributed by atoms with Gasteiger partial charge in [0.15, 0.2) is 0 Å². The monoisotopic (exact) mass is 219 g/mol. The van der Waals surface area contributed by atoms with Gasteiger partial charge in [0.05, 0.1) is 0 Å². The minimum Gasteiger partial charge on any atom is -0.479 e. The summed E-state index contributed by atoms with van der Waals surface area (Å²) >= 11 is 3.83. The normalized spacial score (nSPS) is 13.9. The van der Waals surface area contributed by atoms with E-state index in [0.717, 1.165) is 0 Å². The minimum absolute atomic E-state index is 0.0223. The number of nitrogens with one attached hydrogen (secondary N) is 1. The molecule has 0 heterocycles. The van der Waals surface area contributed by atoms with Crippen LogP contribution in [-0.4, -0.2) is 35.1 Å². The molecule has 0 aromatic rings. The lowest BCUT2D eigenvalue weighted by Crippen LogP contribution is -2.53. The van der Waals surface area contributed by atoms with Gasteiger partial charge in [-0.25, -0.2) is 9.59 Å². The van der Waals surface area contributed by atoms with E-state index >= 15 is 0 Å². The molecule has 0 bridgehead atoms. The first-order valence-corrected chi connectivity index (χ1v) is 4.49. The van der Waals surface area contributed by atoms with Crippen molar-refractivity contribution in [2.75, 3.05) is 12.4 Å². The van der Waals surface area contributed by atoms with Gasteiger partial charge in [-0.1, -0.05) is 12.7 Å². The molecule has 0 saturated carbocycles. The van der Waals surface area contributed by atoms with Gasteiger partial charge in [-0.3, -0.25) is 0 Å². The van der Waals surface area contributed by atoms with Crippen LogP contribution in [0.3, 0.4) is 0 Å². The van der Waals surface area contributed by atoms with Crippen LogP contribution >= 0.6 is 12.6 Å². The third kappa shape index (κ3) is 3.69. The predicted octanol–water partition coefficient (Wildman–Crippen LogP) is 0.672. The van der Waals surface area contributed by atoms with Gasteiger partial charge in [0.25, 0.3) is 0 Å². The summed E-state index contributed by atoms with van der Waals surface area (Å²) in [5.41, 5.74) is -1.42. The Balaban J connectivity index is 4.24. The summed E-state index contributed by atoms with van der Waals surface area (Å²) in [6.45, 7) is 4.73. The van der Waals surface area contributed by atoms with Gasteiger partial charge in [0, 0.05) is 5.75 Å². The molecule has 0 radical (unpaired) electrons. The van der Waals surface area contributed by atoms with Crippen molar-refractivity contribution < 1.29 is 19.4 Å². The van der Waals surface area contributed by atoms with E-state index in [4.69, 9.17) is 5.11 Å². The summed E-state index contributed by atoms with van der Waals surface area (Å²) in [6, 6.07) is 0. The van der Waals surface area contributed by atoms with E-state index in [1.54, 1.807) is 0 Å². The number of ether oxygens (including phenoxy) is 1. The van der Waals surface area contributed by atoms with Crippen molar-refractivity contribution in [2.24, 2.45) is 0 Å². The molecule has 6 heteroatoms. The van der Waals surface area contributed by atoms with Gasteiger partial charge < -0.3 is 15.2 Å². The standard InChI is InChI=1S/C8H13NO4S/c1-3-4-13-7(12)9-8(2,5-14)6(10)11/h3,14H,1,4-5H2,2H3,(H,9,12)(H,10,11)/t8-/m1/s1. The second kappa shape index (κ2) is 5.54. The first kappa shape index (κ1) is 12.8. The van der Waals surface area contributed by atoms with Crippen LogP contribution in [0.1, 0.15) is 6.92 Å². The van der Waals surface area contributed by atoms with Crippen LogP contribution in [0.15, 0.2) is 12.7 Å². The maximum Gasteiger partial charge on any atom is 0.408 e. The molecule has 1 amide bonds. The van der Waals surface area contributed by atoms with Crippen LogP contribution in [-0.2, 0) is 9.53 Å². The Kier molecular flexibility index (Phi) is 5.07. The SMILES string of the molecule is C=CCOC(=O)N[C@](C)(CS)C(=O)O. The Morgan fingerprint density at radius 1 is 1.71 bits per heavy atom. The highest BCUT2D eigenvalue weighted by molar-refractivity contribution is 7.80. The highest BCUT2D eigenvalue weighted by Crippen LogP contribution is 2.06. The van der Waals surface area contributed by atoms with Crippen molar-refractivity contribution in [3.63, 3.8) is 0 Å². The molecular formula is C8H13NO4S. The van der Waals surface area contributed by atoms with Crippen LogP contribution < -0.4 is 5.32 Å². The lowest BCUT2D eigenvalue weighted by atomic mass is 10.1. The molecule has 5 nitrogen and oxygen atoms in total. The number of carboxylic acids is 1. The number of rotatable bonds is 5. The molecule has 2 N–H and O–H groups in total. The summed E-state index contributed by atoms with van der Waals surface area (Å²) < 4.78 is 4.57. The first-order chi connectivity index (χ1) is 6.46. The number of alkyl carbamates (subject to hydrolysis) is 1. The van der Waals surface area contributed by atoms with Gasteiger partial charge >= 0.3 is 12.1 Å². The molecule has 0 rings (SSSR count). The van der Waals surface area contributed by atoms with E-state index in [-0.39, 0.29) is 12.4 Å².